The highest BCUT2D eigenvalue weighted by Gasteiger charge is 2.46. The van der Waals surface area contributed by atoms with Crippen molar-refractivity contribution in [2.75, 3.05) is 6.54 Å². The van der Waals surface area contributed by atoms with Crippen LogP contribution in [-0.4, -0.2) is 12.6 Å². The Balaban J connectivity index is 2.01. The van der Waals surface area contributed by atoms with Gasteiger partial charge in [-0.3, -0.25) is 0 Å². The van der Waals surface area contributed by atoms with Gasteiger partial charge in [0.05, 0.1) is 4.47 Å². The summed E-state index contributed by atoms with van der Waals surface area (Å²) < 4.78 is 13.8. The minimum Gasteiger partial charge on any atom is -0.314 e. The zero-order valence-corrected chi connectivity index (χ0v) is 12.7. The van der Waals surface area contributed by atoms with Crippen LogP contribution in [-0.2, 0) is 6.42 Å². The molecule has 0 amide bonds. The lowest BCUT2D eigenvalue weighted by Gasteiger charge is -2.25. The molecular weight excluding hydrogens is 293 g/mol. The summed E-state index contributed by atoms with van der Waals surface area (Å²) >= 11 is 3.26. The average molecular weight is 314 g/mol. The van der Waals surface area contributed by atoms with Gasteiger partial charge < -0.3 is 5.32 Å². The third kappa shape index (κ3) is 3.12. The number of halogens is 2. The first-order valence-electron chi connectivity index (χ1n) is 6.75. The van der Waals surface area contributed by atoms with Crippen molar-refractivity contribution in [1.29, 1.82) is 0 Å². The van der Waals surface area contributed by atoms with E-state index in [0.29, 0.717) is 15.9 Å². The molecule has 3 heteroatoms. The number of hydrogen-bond acceptors (Lipinski definition) is 1. The highest BCUT2D eigenvalue weighted by molar-refractivity contribution is 9.10. The van der Waals surface area contributed by atoms with Gasteiger partial charge >= 0.3 is 0 Å². The molecule has 1 saturated carbocycles. The summed E-state index contributed by atoms with van der Waals surface area (Å²) in [5.41, 5.74) is 1.62. The first-order chi connectivity index (χ1) is 8.57. The molecule has 0 aliphatic heterocycles. The largest absolute Gasteiger partial charge is 0.314 e. The van der Waals surface area contributed by atoms with Crippen molar-refractivity contribution in [2.24, 2.45) is 5.41 Å². The lowest BCUT2D eigenvalue weighted by atomic mass is 9.89. The SMILES string of the molecule is CCCNC(C)C1(Cc2ccc(F)c(Br)c2)CC1. The Morgan fingerprint density at radius 3 is 2.72 bits per heavy atom. The first kappa shape index (κ1) is 14.0. The lowest BCUT2D eigenvalue weighted by Crippen LogP contribution is -2.36. The van der Waals surface area contributed by atoms with E-state index in [1.165, 1.54) is 24.8 Å². The number of hydrogen-bond donors (Lipinski definition) is 1. The topological polar surface area (TPSA) is 12.0 Å². The summed E-state index contributed by atoms with van der Waals surface area (Å²) in [4.78, 5) is 0. The molecule has 1 N–H and O–H groups in total. The summed E-state index contributed by atoms with van der Waals surface area (Å²) in [6.45, 7) is 5.55. The van der Waals surface area contributed by atoms with Gasteiger partial charge in [0, 0.05) is 6.04 Å². The smallest absolute Gasteiger partial charge is 0.137 e. The van der Waals surface area contributed by atoms with Crippen LogP contribution in [0.4, 0.5) is 4.39 Å². The summed E-state index contributed by atoms with van der Waals surface area (Å²) in [5.74, 6) is -0.180. The molecule has 0 saturated heterocycles. The van der Waals surface area contributed by atoms with Gasteiger partial charge in [0.15, 0.2) is 0 Å². The van der Waals surface area contributed by atoms with Gasteiger partial charge in [0.25, 0.3) is 0 Å². The van der Waals surface area contributed by atoms with Crippen molar-refractivity contribution in [1.82, 2.24) is 5.32 Å². The van der Waals surface area contributed by atoms with Crippen LogP contribution in [0.2, 0.25) is 0 Å². The second-order valence-electron chi connectivity index (χ2n) is 5.46. The van der Waals surface area contributed by atoms with Crippen molar-refractivity contribution in [3.63, 3.8) is 0 Å². The molecule has 18 heavy (non-hydrogen) atoms. The zero-order chi connectivity index (χ0) is 13.2. The van der Waals surface area contributed by atoms with E-state index in [1.54, 1.807) is 6.07 Å². The summed E-state index contributed by atoms with van der Waals surface area (Å²) in [6.07, 6.45) is 4.77. The van der Waals surface area contributed by atoms with E-state index in [9.17, 15) is 4.39 Å². The predicted octanol–water partition coefficient (Wildman–Crippen LogP) is 4.30. The molecule has 1 aliphatic rings. The van der Waals surface area contributed by atoms with Crippen LogP contribution in [0.5, 0.6) is 0 Å². The van der Waals surface area contributed by atoms with Gasteiger partial charge in [-0.25, -0.2) is 4.39 Å². The second-order valence-corrected chi connectivity index (χ2v) is 6.32. The van der Waals surface area contributed by atoms with Gasteiger partial charge in [-0.15, -0.1) is 0 Å². The third-order valence-electron chi connectivity index (χ3n) is 4.05. The quantitative estimate of drug-likeness (QED) is 0.825. The molecule has 0 aromatic heterocycles. The predicted molar refractivity (Wildman–Crippen MR) is 77.2 cm³/mol. The Kier molecular flexibility index (Phi) is 4.44. The van der Waals surface area contributed by atoms with Crippen LogP contribution < -0.4 is 5.32 Å². The lowest BCUT2D eigenvalue weighted by molar-refractivity contribution is 0.350. The Morgan fingerprint density at radius 1 is 1.44 bits per heavy atom. The van der Waals surface area contributed by atoms with Crippen LogP contribution in [0.1, 0.15) is 38.7 Å². The number of benzene rings is 1. The molecule has 0 heterocycles. The van der Waals surface area contributed by atoms with Gasteiger partial charge in [0.2, 0.25) is 0 Å². The second kappa shape index (κ2) is 5.70. The van der Waals surface area contributed by atoms with E-state index in [4.69, 9.17) is 0 Å². The number of nitrogens with one attached hydrogen (secondary N) is 1. The van der Waals surface area contributed by atoms with Crippen LogP contribution in [0, 0.1) is 11.2 Å². The molecule has 100 valence electrons. The van der Waals surface area contributed by atoms with Crippen molar-refractivity contribution < 1.29 is 4.39 Å². The molecule has 2 rings (SSSR count). The van der Waals surface area contributed by atoms with E-state index in [-0.39, 0.29) is 5.82 Å². The molecule has 0 bridgehead atoms. The standard InChI is InChI=1S/C15H21BrFN/c1-3-8-18-11(2)15(6-7-15)10-12-4-5-14(17)13(16)9-12/h4-5,9,11,18H,3,6-8,10H2,1-2H3. The Morgan fingerprint density at radius 2 is 2.17 bits per heavy atom. The fourth-order valence-corrected chi connectivity index (χ4v) is 2.98. The molecule has 1 atom stereocenters. The molecule has 1 unspecified atom stereocenters. The van der Waals surface area contributed by atoms with E-state index in [0.717, 1.165) is 13.0 Å². The molecule has 1 fully saturated rings. The third-order valence-corrected chi connectivity index (χ3v) is 4.66. The maximum atomic E-state index is 13.2. The van der Waals surface area contributed by atoms with E-state index in [1.807, 2.05) is 12.1 Å². The fourth-order valence-electron chi connectivity index (χ4n) is 2.56. The normalized spacial score (nSPS) is 18.7. The maximum absolute atomic E-state index is 13.2. The van der Waals surface area contributed by atoms with Crippen LogP contribution >= 0.6 is 15.9 Å². The summed E-state index contributed by atoms with van der Waals surface area (Å²) in [7, 11) is 0. The highest BCUT2D eigenvalue weighted by Crippen LogP contribution is 2.51. The molecule has 0 radical (unpaired) electrons. The molecule has 0 spiro atoms. The molecule has 1 aromatic rings. The summed E-state index contributed by atoms with van der Waals surface area (Å²) in [6, 6.07) is 5.93. The van der Waals surface area contributed by atoms with Gasteiger partial charge in [-0.1, -0.05) is 13.0 Å². The van der Waals surface area contributed by atoms with Gasteiger partial charge in [0.1, 0.15) is 5.82 Å². The molecule has 1 nitrogen and oxygen atoms in total. The van der Waals surface area contributed by atoms with E-state index in [2.05, 4.69) is 35.1 Å². The summed E-state index contributed by atoms with van der Waals surface area (Å²) in [5, 5.41) is 3.60. The minimum atomic E-state index is -0.180. The Labute approximate surface area is 117 Å². The van der Waals surface area contributed by atoms with E-state index < -0.39 is 0 Å². The van der Waals surface area contributed by atoms with Crippen LogP contribution in [0.25, 0.3) is 0 Å². The van der Waals surface area contributed by atoms with Crippen molar-refractivity contribution in [3.05, 3.63) is 34.1 Å². The van der Waals surface area contributed by atoms with Crippen molar-refractivity contribution >= 4 is 15.9 Å². The van der Waals surface area contributed by atoms with E-state index >= 15 is 0 Å². The Hall–Kier alpha value is -0.410. The molecular formula is C15H21BrFN. The van der Waals surface area contributed by atoms with Crippen molar-refractivity contribution in [3.8, 4) is 0 Å². The van der Waals surface area contributed by atoms with Gasteiger partial charge in [-0.2, -0.15) is 0 Å². The van der Waals surface area contributed by atoms with Crippen LogP contribution in [0.3, 0.4) is 0 Å². The van der Waals surface area contributed by atoms with Gasteiger partial charge in [-0.05, 0) is 78.2 Å². The molecule has 1 aromatic carbocycles. The zero-order valence-electron chi connectivity index (χ0n) is 11.1. The monoisotopic (exact) mass is 313 g/mol. The Bertz CT molecular complexity index is 415. The van der Waals surface area contributed by atoms with Crippen LogP contribution in [0.15, 0.2) is 22.7 Å². The highest BCUT2D eigenvalue weighted by atomic mass is 79.9. The average Bonchev–Trinajstić information content (AvgIpc) is 3.12. The minimum absolute atomic E-state index is 0.180. The van der Waals surface area contributed by atoms with Crippen molar-refractivity contribution in [2.45, 2.75) is 45.6 Å². The molecule has 1 aliphatic carbocycles. The number of rotatable bonds is 6. The first-order valence-corrected chi connectivity index (χ1v) is 7.54. The fraction of sp³-hybridized carbons (Fsp3) is 0.600. The maximum Gasteiger partial charge on any atom is 0.137 e.